The lowest BCUT2D eigenvalue weighted by Gasteiger charge is -2.25. The van der Waals surface area contributed by atoms with Gasteiger partial charge in [-0.1, -0.05) is 29.8 Å². The van der Waals surface area contributed by atoms with E-state index in [4.69, 9.17) is 11.6 Å². The van der Waals surface area contributed by atoms with E-state index in [1.165, 1.54) is 6.07 Å². The Labute approximate surface area is 106 Å². The van der Waals surface area contributed by atoms with Crippen molar-refractivity contribution in [2.75, 3.05) is 32.7 Å². The van der Waals surface area contributed by atoms with Crippen LogP contribution in [0.2, 0.25) is 5.02 Å². The summed E-state index contributed by atoms with van der Waals surface area (Å²) in [5.74, 6) is -0.269. The summed E-state index contributed by atoms with van der Waals surface area (Å²) in [6.45, 7) is 4.96. The number of nitrogens with one attached hydrogen (secondary N) is 1. The maximum atomic E-state index is 13.5. The van der Waals surface area contributed by atoms with Gasteiger partial charge in [-0.25, -0.2) is 4.39 Å². The zero-order valence-electron chi connectivity index (χ0n) is 9.63. The minimum atomic E-state index is -0.269. The van der Waals surface area contributed by atoms with Crippen molar-refractivity contribution in [1.82, 2.24) is 10.2 Å². The highest BCUT2D eigenvalue weighted by molar-refractivity contribution is 6.32. The molecule has 1 aromatic rings. The number of nitrogens with zero attached hydrogens (tertiary/aromatic N) is 1. The van der Waals surface area contributed by atoms with Gasteiger partial charge in [-0.15, -0.1) is 0 Å². The van der Waals surface area contributed by atoms with Crippen LogP contribution in [-0.4, -0.2) is 37.6 Å². The first kappa shape index (κ1) is 12.6. The normalized spacial score (nSPS) is 17.8. The molecule has 0 unspecified atom stereocenters. The summed E-state index contributed by atoms with van der Waals surface area (Å²) in [4.78, 5) is 2.32. The molecule has 0 aromatic heterocycles. The van der Waals surface area contributed by atoms with Crippen molar-refractivity contribution in [2.45, 2.75) is 0 Å². The largest absolute Gasteiger partial charge is 0.314 e. The van der Waals surface area contributed by atoms with Gasteiger partial charge in [0.1, 0.15) is 5.82 Å². The average molecular weight is 255 g/mol. The van der Waals surface area contributed by atoms with E-state index in [-0.39, 0.29) is 5.82 Å². The van der Waals surface area contributed by atoms with Gasteiger partial charge < -0.3 is 5.32 Å². The van der Waals surface area contributed by atoms with Crippen molar-refractivity contribution >= 4 is 17.7 Å². The van der Waals surface area contributed by atoms with E-state index in [2.05, 4.69) is 10.2 Å². The van der Waals surface area contributed by atoms with Gasteiger partial charge in [-0.05, 0) is 12.1 Å². The molecule has 0 radical (unpaired) electrons. The third kappa shape index (κ3) is 3.53. The fourth-order valence-electron chi connectivity index (χ4n) is 1.88. The van der Waals surface area contributed by atoms with Crippen molar-refractivity contribution in [3.05, 3.63) is 40.7 Å². The number of hydrogen-bond donors (Lipinski definition) is 1. The number of benzene rings is 1. The van der Waals surface area contributed by atoms with E-state index in [0.29, 0.717) is 10.6 Å². The highest BCUT2D eigenvalue weighted by atomic mass is 35.5. The van der Waals surface area contributed by atoms with E-state index >= 15 is 0 Å². The monoisotopic (exact) mass is 254 g/mol. The molecule has 1 heterocycles. The number of hydrogen-bond acceptors (Lipinski definition) is 2. The van der Waals surface area contributed by atoms with Crippen LogP contribution in [0.3, 0.4) is 0 Å². The van der Waals surface area contributed by atoms with Gasteiger partial charge in [-0.3, -0.25) is 4.90 Å². The molecule has 1 aliphatic rings. The van der Waals surface area contributed by atoms with E-state index < -0.39 is 0 Å². The lowest BCUT2D eigenvalue weighted by atomic mass is 10.2. The molecule has 0 atom stereocenters. The smallest absolute Gasteiger partial charge is 0.131 e. The topological polar surface area (TPSA) is 15.3 Å². The summed E-state index contributed by atoms with van der Waals surface area (Å²) in [5.41, 5.74) is 0.476. The summed E-state index contributed by atoms with van der Waals surface area (Å²) in [5, 5.41) is 3.75. The first-order chi connectivity index (χ1) is 8.27. The molecule has 0 aliphatic carbocycles. The first-order valence-corrected chi connectivity index (χ1v) is 6.19. The Balaban J connectivity index is 1.95. The molecule has 0 bridgehead atoms. The molecule has 0 spiro atoms. The van der Waals surface area contributed by atoms with Crippen LogP contribution in [0.1, 0.15) is 5.56 Å². The molecule has 1 saturated heterocycles. The Morgan fingerprint density at radius 3 is 2.82 bits per heavy atom. The predicted octanol–water partition coefficient (Wildman–Crippen LogP) is 2.40. The minimum absolute atomic E-state index is 0.269. The Kier molecular flexibility index (Phi) is 4.54. The van der Waals surface area contributed by atoms with Crippen molar-refractivity contribution in [3.63, 3.8) is 0 Å². The second kappa shape index (κ2) is 6.15. The lowest BCUT2D eigenvalue weighted by Crippen LogP contribution is -2.43. The van der Waals surface area contributed by atoms with Crippen LogP contribution in [0.5, 0.6) is 0 Å². The van der Waals surface area contributed by atoms with Crippen LogP contribution in [-0.2, 0) is 0 Å². The molecule has 1 fully saturated rings. The average Bonchev–Trinajstić information content (AvgIpc) is 2.34. The molecule has 1 aromatic carbocycles. The first-order valence-electron chi connectivity index (χ1n) is 5.81. The van der Waals surface area contributed by atoms with Crippen LogP contribution in [0.15, 0.2) is 24.3 Å². The quantitative estimate of drug-likeness (QED) is 0.891. The van der Waals surface area contributed by atoms with Crippen molar-refractivity contribution in [1.29, 1.82) is 0 Å². The molecule has 17 heavy (non-hydrogen) atoms. The molecule has 2 rings (SSSR count). The third-order valence-electron chi connectivity index (χ3n) is 2.86. The Morgan fingerprint density at radius 1 is 1.35 bits per heavy atom. The van der Waals surface area contributed by atoms with E-state index in [1.807, 2.05) is 6.08 Å². The van der Waals surface area contributed by atoms with Crippen molar-refractivity contribution in [2.24, 2.45) is 0 Å². The Hall–Kier alpha value is -0.900. The predicted molar refractivity (Wildman–Crippen MR) is 69.8 cm³/mol. The molecule has 0 saturated carbocycles. The standard InChI is InChI=1S/C13H16ClFN2/c14-12-4-1-5-13(15)11(12)3-2-8-17-9-6-16-7-10-17/h1-5,16H,6-10H2/b3-2+. The Bertz CT molecular complexity index is 380. The molecule has 92 valence electrons. The van der Waals surface area contributed by atoms with Gasteiger partial charge in [0.05, 0.1) is 5.02 Å². The molecule has 2 nitrogen and oxygen atoms in total. The minimum Gasteiger partial charge on any atom is -0.314 e. The fraction of sp³-hybridized carbons (Fsp3) is 0.385. The Morgan fingerprint density at radius 2 is 2.12 bits per heavy atom. The van der Waals surface area contributed by atoms with E-state index in [1.54, 1.807) is 18.2 Å². The van der Waals surface area contributed by atoms with Gasteiger partial charge >= 0.3 is 0 Å². The summed E-state index contributed by atoms with van der Waals surface area (Å²) in [6.07, 6.45) is 3.73. The molecule has 0 amide bonds. The van der Waals surface area contributed by atoms with Gasteiger partial charge in [0, 0.05) is 38.3 Å². The third-order valence-corrected chi connectivity index (χ3v) is 3.19. The maximum Gasteiger partial charge on any atom is 0.131 e. The molecule has 4 heteroatoms. The number of rotatable bonds is 3. The van der Waals surface area contributed by atoms with Crippen molar-refractivity contribution in [3.8, 4) is 0 Å². The van der Waals surface area contributed by atoms with E-state index in [9.17, 15) is 4.39 Å². The van der Waals surface area contributed by atoms with Gasteiger partial charge in [0.15, 0.2) is 0 Å². The fourth-order valence-corrected chi connectivity index (χ4v) is 2.11. The van der Waals surface area contributed by atoms with E-state index in [0.717, 1.165) is 32.7 Å². The SMILES string of the molecule is Fc1cccc(Cl)c1/C=C/CN1CCNCC1. The molecule has 1 N–H and O–H groups in total. The van der Waals surface area contributed by atoms with Crippen LogP contribution < -0.4 is 5.32 Å². The van der Waals surface area contributed by atoms with Crippen LogP contribution >= 0.6 is 11.6 Å². The van der Waals surface area contributed by atoms with Gasteiger partial charge in [0.2, 0.25) is 0 Å². The van der Waals surface area contributed by atoms with Crippen molar-refractivity contribution < 1.29 is 4.39 Å². The zero-order valence-corrected chi connectivity index (χ0v) is 10.4. The lowest BCUT2D eigenvalue weighted by molar-refractivity contribution is 0.265. The number of halogens is 2. The summed E-state index contributed by atoms with van der Waals surface area (Å²) in [6, 6.07) is 4.75. The van der Waals surface area contributed by atoms with Crippen LogP contribution in [0.25, 0.3) is 6.08 Å². The highest BCUT2D eigenvalue weighted by Crippen LogP contribution is 2.20. The second-order valence-electron chi connectivity index (χ2n) is 4.09. The van der Waals surface area contributed by atoms with Gasteiger partial charge in [-0.2, -0.15) is 0 Å². The summed E-state index contributed by atoms with van der Waals surface area (Å²) >= 11 is 5.94. The van der Waals surface area contributed by atoms with Gasteiger partial charge in [0.25, 0.3) is 0 Å². The molecule has 1 aliphatic heterocycles. The zero-order chi connectivity index (χ0) is 12.1. The highest BCUT2D eigenvalue weighted by Gasteiger charge is 2.07. The summed E-state index contributed by atoms with van der Waals surface area (Å²) < 4.78 is 13.5. The molecular formula is C13H16ClFN2. The summed E-state index contributed by atoms with van der Waals surface area (Å²) in [7, 11) is 0. The van der Waals surface area contributed by atoms with Crippen LogP contribution in [0, 0.1) is 5.82 Å². The van der Waals surface area contributed by atoms with Crippen LogP contribution in [0.4, 0.5) is 4.39 Å². The maximum absolute atomic E-state index is 13.5. The second-order valence-corrected chi connectivity index (χ2v) is 4.50. The number of piperazine rings is 1. The molecular weight excluding hydrogens is 239 g/mol.